The van der Waals surface area contributed by atoms with E-state index in [1.165, 1.54) is 16.9 Å². The molecule has 0 spiro atoms. The molecule has 1 aliphatic rings. The summed E-state index contributed by atoms with van der Waals surface area (Å²) < 4.78 is 1.68. The van der Waals surface area contributed by atoms with E-state index in [-0.39, 0.29) is 30.8 Å². The molecule has 1 aromatic carbocycles. The van der Waals surface area contributed by atoms with Gasteiger partial charge >= 0.3 is 5.91 Å². The zero-order chi connectivity index (χ0) is 16.5. The largest absolute Gasteiger partial charge is 0.391 e. The molecule has 0 atom stereocenters. The number of hydrogen-bond acceptors (Lipinski definition) is 3. The maximum absolute atomic E-state index is 12.5. The number of rotatable bonds is 3. The predicted molar refractivity (Wildman–Crippen MR) is 85.7 cm³/mol. The summed E-state index contributed by atoms with van der Waals surface area (Å²) in [5.41, 5.74) is 0.581. The van der Waals surface area contributed by atoms with Crippen LogP contribution in [0.25, 0.3) is 0 Å². The van der Waals surface area contributed by atoms with Crippen LogP contribution in [0.5, 0.6) is 0 Å². The van der Waals surface area contributed by atoms with Crippen LogP contribution in [0.3, 0.4) is 0 Å². The fraction of sp³-hybridized carbons (Fsp3) is 0.400. The molecule has 6 nitrogen and oxygen atoms in total. The van der Waals surface area contributed by atoms with Gasteiger partial charge in [-0.15, -0.1) is 5.01 Å². The number of hydrazine groups is 1. The zero-order valence-corrected chi connectivity index (χ0v) is 14.4. The second kappa shape index (κ2) is 6.02. The lowest BCUT2D eigenvalue weighted by atomic mass is 10.3. The first-order valence-electron chi connectivity index (χ1n) is 7.18. The number of para-hydroxylation sites is 1. The Labute approximate surface area is 131 Å². The number of piperazine rings is 1. The molecule has 2 rings (SSSR count). The molecular weight excluding hydrogens is 298 g/mol. The average molecular weight is 319 g/mol. The second-order valence-electron chi connectivity index (χ2n) is 6.27. The molecule has 7 heteroatoms. The zero-order valence-electron chi connectivity index (χ0n) is 13.4. The van der Waals surface area contributed by atoms with E-state index in [1.807, 2.05) is 25.7 Å². The second-order valence-corrected chi connectivity index (χ2v) is 11.1. The fourth-order valence-electron chi connectivity index (χ4n) is 2.46. The standard InChI is InChI=1S/C15H21N3O3Si/c1-12(19)18(13-8-6-5-7-9-13)16-10-15(21)17(11-14(16)20)22(2,3)4/h5-9H,10-11H2,1-4H3/q+1. The van der Waals surface area contributed by atoms with Crippen molar-refractivity contribution in [1.29, 1.82) is 0 Å². The molecule has 0 bridgehead atoms. The van der Waals surface area contributed by atoms with Crippen LogP contribution in [0.1, 0.15) is 6.92 Å². The van der Waals surface area contributed by atoms with Gasteiger partial charge in [0, 0.05) is 12.1 Å². The highest BCUT2D eigenvalue weighted by Crippen LogP contribution is 2.21. The number of amides is 3. The molecule has 1 heterocycles. The first kappa shape index (κ1) is 16.4. The van der Waals surface area contributed by atoms with E-state index in [1.54, 1.807) is 28.8 Å². The lowest BCUT2D eigenvalue weighted by Crippen LogP contribution is -2.65. The van der Waals surface area contributed by atoms with Crippen molar-refractivity contribution in [2.75, 3.05) is 13.1 Å². The number of carbonyl (C=O) groups excluding carboxylic acids is 3. The lowest BCUT2D eigenvalue weighted by Gasteiger charge is -2.39. The minimum Gasteiger partial charge on any atom is -0.359 e. The monoisotopic (exact) mass is 319 g/mol. The maximum Gasteiger partial charge on any atom is 0.391 e. The van der Waals surface area contributed by atoms with Crippen molar-refractivity contribution in [3.8, 4) is 0 Å². The molecule has 1 fully saturated rings. The highest BCUT2D eigenvalue weighted by atomic mass is 28.3. The van der Waals surface area contributed by atoms with E-state index in [4.69, 9.17) is 0 Å². The number of benzene rings is 1. The van der Waals surface area contributed by atoms with Crippen LogP contribution in [-0.2, 0) is 14.4 Å². The van der Waals surface area contributed by atoms with Crippen LogP contribution >= 0.6 is 0 Å². The van der Waals surface area contributed by atoms with Gasteiger partial charge < -0.3 is 4.57 Å². The Balaban J connectivity index is 2.30. The molecule has 3 amide bonds. The van der Waals surface area contributed by atoms with Gasteiger partial charge in [0.1, 0.15) is 0 Å². The molecular formula is C15H21N3O3Si+. The highest BCUT2D eigenvalue weighted by Gasteiger charge is 2.46. The van der Waals surface area contributed by atoms with E-state index in [0.29, 0.717) is 5.69 Å². The first-order valence-corrected chi connectivity index (χ1v) is 10.6. The Bertz CT molecular complexity index is 598. The van der Waals surface area contributed by atoms with Gasteiger partial charge in [-0.3, -0.25) is 9.59 Å². The molecule has 0 aromatic heterocycles. The Morgan fingerprint density at radius 3 is 2.14 bits per heavy atom. The number of carbonyl (C=O) groups is 3. The minimum absolute atomic E-state index is 0.0329. The van der Waals surface area contributed by atoms with Crippen molar-refractivity contribution < 1.29 is 14.4 Å². The molecule has 1 aromatic rings. The SMILES string of the molecule is CC(=O)[N+](c1ccccc1)N1CC(=O)N([Si](C)(C)C)CC1=O. The summed E-state index contributed by atoms with van der Waals surface area (Å²) in [5, 5.41) is 2.53. The third-order valence-electron chi connectivity index (χ3n) is 3.52. The van der Waals surface area contributed by atoms with Gasteiger partial charge in [-0.05, 0) is 0 Å². The lowest BCUT2D eigenvalue weighted by molar-refractivity contribution is -0.156. The van der Waals surface area contributed by atoms with Crippen LogP contribution in [0, 0.1) is 0 Å². The van der Waals surface area contributed by atoms with E-state index in [9.17, 15) is 14.4 Å². The van der Waals surface area contributed by atoms with Crippen LogP contribution < -0.4 is 5.01 Å². The molecule has 117 valence electrons. The first-order chi connectivity index (χ1) is 10.2. The normalized spacial score (nSPS) is 16.4. The van der Waals surface area contributed by atoms with Crippen molar-refractivity contribution in [2.24, 2.45) is 0 Å². The summed E-state index contributed by atoms with van der Waals surface area (Å²) >= 11 is 0. The van der Waals surface area contributed by atoms with Crippen LogP contribution in [0.4, 0.5) is 5.69 Å². The molecule has 1 saturated heterocycles. The van der Waals surface area contributed by atoms with Gasteiger partial charge in [-0.1, -0.05) is 37.8 Å². The maximum atomic E-state index is 12.5. The molecule has 0 saturated carbocycles. The molecule has 22 heavy (non-hydrogen) atoms. The predicted octanol–water partition coefficient (Wildman–Crippen LogP) is 1.43. The molecule has 0 aliphatic carbocycles. The Morgan fingerprint density at radius 2 is 1.64 bits per heavy atom. The third kappa shape index (κ3) is 3.25. The smallest absolute Gasteiger partial charge is 0.359 e. The van der Waals surface area contributed by atoms with Crippen molar-refractivity contribution in [2.45, 2.75) is 26.6 Å². The van der Waals surface area contributed by atoms with E-state index < -0.39 is 8.24 Å². The van der Waals surface area contributed by atoms with Crippen LogP contribution in [0.2, 0.25) is 19.6 Å². The van der Waals surface area contributed by atoms with Gasteiger partial charge in [-0.2, -0.15) is 0 Å². The van der Waals surface area contributed by atoms with Gasteiger partial charge in [-0.25, -0.2) is 4.79 Å². The quantitative estimate of drug-likeness (QED) is 0.625. The van der Waals surface area contributed by atoms with Crippen molar-refractivity contribution in [1.82, 2.24) is 14.6 Å². The average Bonchev–Trinajstić information content (AvgIpc) is 2.42. The van der Waals surface area contributed by atoms with Gasteiger partial charge in [0.2, 0.25) is 11.6 Å². The molecule has 0 unspecified atom stereocenters. The summed E-state index contributed by atoms with van der Waals surface area (Å²) in [6, 6.07) is 8.89. The fourth-order valence-corrected chi connectivity index (χ4v) is 3.89. The number of hydrogen-bond donors (Lipinski definition) is 0. The summed E-state index contributed by atoms with van der Waals surface area (Å²) in [5.74, 6) is -0.643. The van der Waals surface area contributed by atoms with Gasteiger partial charge in [0.15, 0.2) is 14.8 Å². The molecule has 1 aliphatic heterocycles. The van der Waals surface area contributed by atoms with E-state index >= 15 is 0 Å². The van der Waals surface area contributed by atoms with Gasteiger partial charge in [0.25, 0.3) is 5.91 Å². The third-order valence-corrected chi connectivity index (χ3v) is 5.54. The van der Waals surface area contributed by atoms with E-state index in [0.717, 1.165) is 0 Å². The molecule has 0 N–H and O–H groups in total. The van der Waals surface area contributed by atoms with Crippen molar-refractivity contribution in [3.05, 3.63) is 30.3 Å². The summed E-state index contributed by atoms with van der Waals surface area (Å²) in [7, 11) is -1.90. The Kier molecular flexibility index (Phi) is 4.48. The summed E-state index contributed by atoms with van der Waals surface area (Å²) in [6.07, 6.45) is 0. The topological polar surface area (TPSA) is 63.6 Å². The highest BCUT2D eigenvalue weighted by molar-refractivity contribution is 6.75. The number of nitrogens with zero attached hydrogens (tertiary/aromatic N) is 3. The van der Waals surface area contributed by atoms with Crippen LogP contribution in [0.15, 0.2) is 30.3 Å². The van der Waals surface area contributed by atoms with Crippen LogP contribution in [-0.4, -0.2) is 48.6 Å². The minimum atomic E-state index is -1.90. The number of anilines is 1. The van der Waals surface area contributed by atoms with E-state index in [2.05, 4.69) is 0 Å². The molecule has 1 radical (unpaired) electrons. The van der Waals surface area contributed by atoms with Crippen molar-refractivity contribution in [3.63, 3.8) is 0 Å². The summed E-state index contributed by atoms with van der Waals surface area (Å²) in [4.78, 5) is 36.9. The summed E-state index contributed by atoms with van der Waals surface area (Å²) in [6.45, 7) is 7.38. The van der Waals surface area contributed by atoms with Gasteiger partial charge in [0.05, 0.1) is 18.5 Å². The Morgan fingerprint density at radius 1 is 1.05 bits per heavy atom. The Hall–Kier alpha value is -1.99. The van der Waals surface area contributed by atoms with Crippen molar-refractivity contribution >= 4 is 31.6 Å².